The van der Waals surface area contributed by atoms with E-state index in [-0.39, 0.29) is 6.71 Å². The molecule has 0 saturated carbocycles. The second kappa shape index (κ2) is 15.4. The molecule has 0 fully saturated rings. The van der Waals surface area contributed by atoms with E-state index in [2.05, 4.69) is 259 Å². The van der Waals surface area contributed by atoms with E-state index in [4.69, 9.17) is 0 Å². The zero-order valence-electron chi connectivity index (χ0n) is 34.6. The molecule has 2 aliphatic rings. The lowest BCUT2D eigenvalue weighted by molar-refractivity contribution is 1.25. The summed E-state index contributed by atoms with van der Waals surface area (Å²) >= 11 is 0. The molecule has 0 aliphatic carbocycles. The first-order valence-electron chi connectivity index (χ1n) is 21.8. The average Bonchev–Trinajstić information content (AvgIpc) is 3.37. The Bertz CT molecular complexity index is 3040. The number of benzene rings is 10. The molecule has 0 amide bonds. The molecule has 0 unspecified atom stereocenters. The van der Waals surface area contributed by atoms with Crippen LogP contribution in [0.25, 0.3) is 55.6 Å². The van der Waals surface area contributed by atoms with Crippen LogP contribution in [0.15, 0.2) is 249 Å². The van der Waals surface area contributed by atoms with Crippen molar-refractivity contribution in [1.82, 2.24) is 0 Å². The number of hydrogen-bond acceptors (Lipinski definition) is 2. The first-order chi connectivity index (χ1) is 31.2. The summed E-state index contributed by atoms with van der Waals surface area (Å²) in [5.41, 5.74) is 22.9. The van der Waals surface area contributed by atoms with Crippen molar-refractivity contribution in [1.29, 1.82) is 0 Å². The molecule has 0 radical (unpaired) electrons. The van der Waals surface area contributed by atoms with Crippen LogP contribution in [-0.2, 0) is 0 Å². The van der Waals surface area contributed by atoms with E-state index in [1.165, 1.54) is 94.8 Å². The van der Waals surface area contributed by atoms with Gasteiger partial charge >= 0.3 is 0 Å². The minimum Gasteiger partial charge on any atom is -0.311 e. The van der Waals surface area contributed by atoms with Gasteiger partial charge in [0.15, 0.2) is 0 Å². The number of anilines is 6. The third kappa shape index (κ3) is 6.45. The van der Waals surface area contributed by atoms with Crippen molar-refractivity contribution in [3.8, 4) is 55.6 Å². The van der Waals surface area contributed by atoms with Crippen LogP contribution >= 0.6 is 0 Å². The molecule has 0 N–H and O–H groups in total. The third-order valence-corrected chi connectivity index (χ3v) is 12.9. The predicted molar refractivity (Wildman–Crippen MR) is 268 cm³/mol. The van der Waals surface area contributed by atoms with Gasteiger partial charge in [-0.25, -0.2) is 0 Å². The van der Waals surface area contributed by atoms with Crippen molar-refractivity contribution in [3.63, 3.8) is 0 Å². The smallest absolute Gasteiger partial charge is 0.252 e. The highest BCUT2D eigenvalue weighted by Crippen LogP contribution is 2.47. The van der Waals surface area contributed by atoms with Crippen molar-refractivity contribution in [2.45, 2.75) is 0 Å². The predicted octanol–water partition coefficient (Wildman–Crippen LogP) is 14.1. The Balaban J connectivity index is 1.15. The molecule has 0 saturated heterocycles. The van der Waals surface area contributed by atoms with Crippen molar-refractivity contribution >= 4 is 57.2 Å². The minimum absolute atomic E-state index is 0.0446. The fraction of sp³-hybridized carbons (Fsp3) is 0. The second-order valence-corrected chi connectivity index (χ2v) is 16.5. The Labute approximate surface area is 369 Å². The maximum absolute atomic E-state index is 2.52. The van der Waals surface area contributed by atoms with E-state index < -0.39 is 0 Å². The summed E-state index contributed by atoms with van der Waals surface area (Å²) in [5.74, 6) is 0. The summed E-state index contributed by atoms with van der Waals surface area (Å²) in [4.78, 5) is 5.03. The summed E-state index contributed by atoms with van der Waals surface area (Å²) < 4.78 is 0. The molecular weight excluding hydrogens is 759 g/mol. The van der Waals surface area contributed by atoms with Gasteiger partial charge in [-0.05, 0) is 121 Å². The molecule has 0 aromatic heterocycles. The van der Waals surface area contributed by atoms with Gasteiger partial charge in [0.25, 0.3) is 6.71 Å². The van der Waals surface area contributed by atoms with E-state index in [0.29, 0.717) is 0 Å². The molecule has 2 heterocycles. The molecule has 2 aliphatic heterocycles. The highest BCUT2D eigenvalue weighted by Gasteiger charge is 2.44. The van der Waals surface area contributed by atoms with E-state index in [1.807, 2.05) is 0 Å². The summed E-state index contributed by atoms with van der Waals surface area (Å²) in [5, 5.41) is 0. The highest BCUT2D eigenvalue weighted by atomic mass is 15.2. The van der Waals surface area contributed by atoms with E-state index in [9.17, 15) is 0 Å². The largest absolute Gasteiger partial charge is 0.311 e. The highest BCUT2D eigenvalue weighted by molar-refractivity contribution is 7.00. The van der Waals surface area contributed by atoms with Crippen LogP contribution in [0.2, 0.25) is 0 Å². The maximum Gasteiger partial charge on any atom is 0.252 e. The fourth-order valence-corrected chi connectivity index (χ4v) is 9.85. The minimum atomic E-state index is -0.0446. The number of fused-ring (bicyclic) bond motifs is 4. The Hall–Kier alpha value is -8.14. The van der Waals surface area contributed by atoms with Gasteiger partial charge in [-0.3, -0.25) is 0 Å². The molecule has 10 aromatic rings. The van der Waals surface area contributed by atoms with Crippen LogP contribution in [0, 0.1) is 0 Å². The van der Waals surface area contributed by atoms with Crippen molar-refractivity contribution in [2.24, 2.45) is 0 Å². The molecule has 3 heteroatoms. The lowest BCUT2D eigenvalue weighted by atomic mass is 9.33. The van der Waals surface area contributed by atoms with Crippen molar-refractivity contribution in [2.75, 3.05) is 9.80 Å². The summed E-state index contributed by atoms with van der Waals surface area (Å²) in [6.07, 6.45) is 0. The van der Waals surface area contributed by atoms with Gasteiger partial charge in [0, 0.05) is 34.1 Å². The fourth-order valence-electron chi connectivity index (χ4n) is 9.85. The lowest BCUT2D eigenvalue weighted by Crippen LogP contribution is -2.61. The SMILES string of the molecule is c1ccc(-c2ccc(N3c4ccc(-c5ccccc5)cc4B4c5cc(-c6ccccc6)ccc5N(c5ccc(-c6ccccc6)cc5)c5cc(-c6ccccc6)cc3c54)cc2)cc1. The molecule has 2 nitrogen and oxygen atoms in total. The molecule has 0 bridgehead atoms. The quantitative estimate of drug-likeness (QED) is 0.148. The van der Waals surface area contributed by atoms with E-state index >= 15 is 0 Å². The zero-order chi connectivity index (χ0) is 41.7. The normalized spacial score (nSPS) is 12.3. The summed E-state index contributed by atoms with van der Waals surface area (Å²) in [6.45, 7) is -0.0446. The van der Waals surface area contributed by atoms with Gasteiger partial charge in [0.1, 0.15) is 0 Å². The first kappa shape index (κ1) is 36.7. The third-order valence-electron chi connectivity index (χ3n) is 12.9. The monoisotopic (exact) mass is 800 g/mol. The number of rotatable bonds is 7. The second-order valence-electron chi connectivity index (χ2n) is 16.5. The molecule has 10 aromatic carbocycles. The Morgan fingerprint density at radius 1 is 0.222 bits per heavy atom. The standard InChI is InChI=1S/C60H41BN2/c1-6-16-42(17-7-1)47-26-32-52(33-27-47)62-56-36-30-49(44-20-10-3-11-21-44)38-54(56)61-55-39-50(45-22-12-4-13-23-45)31-37-57(55)63(53-34-28-48(29-35-53)43-18-8-2-9-19-43)59-41-51(40-58(62)60(59)61)46-24-14-5-15-25-46/h1-41H. The van der Waals surface area contributed by atoms with Gasteiger partial charge in [0.05, 0.1) is 0 Å². The number of hydrogen-bond donors (Lipinski definition) is 0. The Morgan fingerprint density at radius 3 is 0.857 bits per heavy atom. The zero-order valence-corrected chi connectivity index (χ0v) is 34.6. The summed E-state index contributed by atoms with van der Waals surface area (Å²) in [7, 11) is 0. The van der Waals surface area contributed by atoms with Gasteiger partial charge in [0.2, 0.25) is 0 Å². The van der Waals surface area contributed by atoms with Crippen molar-refractivity contribution in [3.05, 3.63) is 249 Å². The van der Waals surface area contributed by atoms with Crippen molar-refractivity contribution < 1.29 is 0 Å². The Morgan fingerprint density at radius 2 is 0.508 bits per heavy atom. The van der Waals surface area contributed by atoms with E-state index in [0.717, 1.165) is 11.4 Å². The molecule has 63 heavy (non-hydrogen) atoms. The molecule has 12 rings (SSSR count). The Kier molecular flexibility index (Phi) is 8.97. The molecule has 0 atom stereocenters. The van der Waals surface area contributed by atoms with Gasteiger partial charge < -0.3 is 9.80 Å². The topological polar surface area (TPSA) is 6.48 Å². The van der Waals surface area contributed by atoms with Crippen LogP contribution in [-0.4, -0.2) is 6.71 Å². The van der Waals surface area contributed by atoms with Crippen LogP contribution in [0.5, 0.6) is 0 Å². The maximum atomic E-state index is 2.52. The van der Waals surface area contributed by atoms with E-state index in [1.54, 1.807) is 0 Å². The summed E-state index contributed by atoms with van der Waals surface area (Å²) in [6, 6.07) is 91.2. The van der Waals surface area contributed by atoms with Crippen LogP contribution < -0.4 is 26.2 Å². The van der Waals surface area contributed by atoms with Gasteiger partial charge in [-0.1, -0.05) is 200 Å². The van der Waals surface area contributed by atoms with Gasteiger partial charge in [-0.2, -0.15) is 0 Å². The average molecular weight is 801 g/mol. The van der Waals surface area contributed by atoms with Crippen LogP contribution in [0.1, 0.15) is 0 Å². The molecule has 0 spiro atoms. The number of nitrogens with zero attached hydrogens (tertiary/aromatic N) is 2. The van der Waals surface area contributed by atoms with Gasteiger partial charge in [-0.15, -0.1) is 0 Å². The lowest BCUT2D eigenvalue weighted by Gasteiger charge is -2.44. The molecular formula is C60H41BN2. The van der Waals surface area contributed by atoms with Crippen LogP contribution in [0.4, 0.5) is 34.1 Å². The first-order valence-corrected chi connectivity index (χ1v) is 21.8. The van der Waals surface area contributed by atoms with Crippen LogP contribution in [0.3, 0.4) is 0 Å². The molecule has 294 valence electrons.